The third kappa shape index (κ3) is 3.80. The van der Waals surface area contributed by atoms with Crippen molar-refractivity contribution in [2.24, 2.45) is 5.92 Å². The van der Waals surface area contributed by atoms with Crippen LogP contribution in [-0.4, -0.2) is 35.2 Å². The lowest BCUT2D eigenvalue weighted by molar-refractivity contribution is 0.417. The number of nitrogens with two attached hydrogens (primary N) is 1. The number of piperidine rings is 1. The molecule has 0 aliphatic carbocycles. The fraction of sp³-hybridized carbons (Fsp3) is 0.389. The molecule has 1 aliphatic heterocycles. The largest absolute Gasteiger partial charge is 0.495 e. The highest BCUT2D eigenvalue weighted by Crippen LogP contribution is 2.25. The Balaban J connectivity index is 1.84. The summed E-state index contributed by atoms with van der Waals surface area (Å²) in [6.07, 6.45) is 2.14. The predicted molar refractivity (Wildman–Crippen MR) is 108 cm³/mol. The Morgan fingerprint density at radius 1 is 1.38 bits per heavy atom. The summed E-state index contributed by atoms with van der Waals surface area (Å²) in [5.41, 5.74) is 6.54. The van der Waals surface area contributed by atoms with E-state index in [0.717, 1.165) is 25.9 Å². The van der Waals surface area contributed by atoms with Crippen LogP contribution in [0, 0.1) is 5.92 Å². The molecule has 138 valence electrons. The second-order valence-corrected chi connectivity index (χ2v) is 6.88. The van der Waals surface area contributed by atoms with Crippen LogP contribution in [0.25, 0.3) is 0 Å². The maximum absolute atomic E-state index is 12.6. The molecule has 7 nitrogen and oxygen atoms in total. The Morgan fingerprint density at radius 3 is 2.73 bits per heavy atom. The Morgan fingerprint density at radius 2 is 2.08 bits per heavy atom. The van der Waals surface area contributed by atoms with E-state index < -0.39 is 0 Å². The molecular weight excluding hydrogens is 350 g/mol. The number of ether oxygens (including phenoxy) is 1. The number of para-hydroxylation sites is 2. The van der Waals surface area contributed by atoms with Crippen LogP contribution in [0.1, 0.15) is 25.3 Å². The van der Waals surface area contributed by atoms with Crippen LogP contribution in [-0.2, 0) is 0 Å². The van der Waals surface area contributed by atoms with Crippen LogP contribution in [0.2, 0.25) is 0 Å². The predicted octanol–water partition coefficient (Wildman–Crippen LogP) is 2.38. The first-order valence-corrected chi connectivity index (χ1v) is 8.99. The molecule has 4 N–H and O–H groups in total. The second kappa shape index (κ2) is 7.74. The van der Waals surface area contributed by atoms with Crippen molar-refractivity contribution in [2.75, 3.05) is 36.1 Å². The Bertz CT molecular complexity index is 859. The van der Waals surface area contributed by atoms with Gasteiger partial charge in [-0.05, 0) is 30.9 Å². The number of methoxy groups -OCH3 is 1. The molecule has 3 rings (SSSR count). The van der Waals surface area contributed by atoms with Crippen LogP contribution >= 0.6 is 12.2 Å². The number of aromatic amines is 1. The number of rotatable bonds is 4. The number of benzene rings is 1. The van der Waals surface area contributed by atoms with Crippen molar-refractivity contribution >= 4 is 34.7 Å². The van der Waals surface area contributed by atoms with Gasteiger partial charge in [0.15, 0.2) is 0 Å². The topological polar surface area (TPSA) is 96.3 Å². The zero-order valence-corrected chi connectivity index (χ0v) is 15.7. The van der Waals surface area contributed by atoms with Crippen molar-refractivity contribution in [2.45, 2.75) is 19.8 Å². The molecule has 1 aliphatic rings. The Hall–Kier alpha value is -2.61. The third-order valence-corrected chi connectivity index (χ3v) is 4.91. The van der Waals surface area contributed by atoms with Crippen molar-refractivity contribution in [1.29, 1.82) is 0 Å². The van der Waals surface area contributed by atoms with Crippen LogP contribution in [0.4, 0.5) is 17.5 Å². The smallest absolute Gasteiger partial charge is 0.264 e. The zero-order chi connectivity index (χ0) is 18.7. The van der Waals surface area contributed by atoms with E-state index >= 15 is 0 Å². The number of hydrogen-bond donors (Lipinski definition) is 3. The maximum Gasteiger partial charge on any atom is 0.264 e. The summed E-state index contributed by atoms with van der Waals surface area (Å²) in [5, 5.41) is 3.02. The van der Waals surface area contributed by atoms with Crippen LogP contribution in [0.3, 0.4) is 0 Å². The van der Waals surface area contributed by atoms with Crippen LogP contribution in [0.15, 0.2) is 29.1 Å². The highest BCUT2D eigenvalue weighted by molar-refractivity contribution is 7.81. The molecule has 2 aromatic rings. The van der Waals surface area contributed by atoms with E-state index in [4.69, 9.17) is 22.7 Å². The number of thiocarbonyl (C=S) groups is 1. The number of H-pyrrole nitrogens is 1. The van der Waals surface area contributed by atoms with Crippen LogP contribution in [0.5, 0.6) is 5.75 Å². The normalized spacial score (nSPS) is 14.9. The van der Waals surface area contributed by atoms with E-state index in [1.54, 1.807) is 13.2 Å². The highest BCUT2D eigenvalue weighted by atomic mass is 32.1. The minimum atomic E-state index is -0.349. The SMILES string of the molecule is COc1ccccc1NC(=S)c1c(N)nc(N2CCC(C)CC2)[nH]c1=O. The number of hydrogen-bond acceptors (Lipinski definition) is 6. The summed E-state index contributed by atoms with van der Waals surface area (Å²) in [4.78, 5) is 22.0. The summed E-state index contributed by atoms with van der Waals surface area (Å²) >= 11 is 5.38. The van der Waals surface area contributed by atoms with Gasteiger partial charge >= 0.3 is 0 Å². The van der Waals surface area contributed by atoms with E-state index in [1.807, 2.05) is 18.2 Å². The Labute approximate surface area is 157 Å². The Kier molecular flexibility index (Phi) is 5.41. The first kappa shape index (κ1) is 18.2. The summed E-state index contributed by atoms with van der Waals surface area (Å²) in [7, 11) is 1.57. The fourth-order valence-corrected chi connectivity index (χ4v) is 3.31. The molecule has 1 aromatic heterocycles. The first-order chi connectivity index (χ1) is 12.5. The van der Waals surface area contributed by atoms with E-state index in [1.165, 1.54) is 0 Å². The minimum absolute atomic E-state index is 0.120. The van der Waals surface area contributed by atoms with Crippen molar-refractivity contribution in [3.05, 3.63) is 40.2 Å². The molecule has 0 bridgehead atoms. The quantitative estimate of drug-likeness (QED) is 0.708. The number of aromatic nitrogens is 2. The van der Waals surface area contributed by atoms with Crippen molar-refractivity contribution < 1.29 is 4.74 Å². The fourth-order valence-electron chi connectivity index (χ4n) is 3.00. The molecule has 0 unspecified atom stereocenters. The summed E-state index contributed by atoms with van der Waals surface area (Å²) in [6.45, 7) is 3.94. The number of nitrogens with one attached hydrogen (secondary N) is 2. The first-order valence-electron chi connectivity index (χ1n) is 8.58. The van der Waals surface area contributed by atoms with E-state index in [9.17, 15) is 4.79 Å². The molecule has 1 fully saturated rings. The minimum Gasteiger partial charge on any atom is -0.495 e. The molecule has 0 atom stereocenters. The van der Waals surface area contributed by atoms with Gasteiger partial charge in [-0.15, -0.1) is 0 Å². The maximum atomic E-state index is 12.6. The number of nitrogens with zero attached hydrogens (tertiary/aromatic N) is 2. The second-order valence-electron chi connectivity index (χ2n) is 6.47. The monoisotopic (exact) mass is 373 g/mol. The van der Waals surface area contributed by atoms with Gasteiger partial charge in [0.05, 0.1) is 12.8 Å². The van der Waals surface area contributed by atoms with Gasteiger partial charge in [0.1, 0.15) is 22.1 Å². The van der Waals surface area contributed by atoms with Gasteiger partial charge in [0.2, 0.25) is 5.95 Å². The van der Waals surface area contributed by atoms with Gasteiger partial charge in [-0.1, -0.05) is 31.3 Å². The lowest BCUT2D eigenvalue weighted by Crippen LogP contribution is -2.36. The lowest BCUT2D eigenvalue weighted by atomic mass is 10.00. The highest BCUT2D eigenvalue weighted by Gasteiger charge is 2.21. The molecule has 0 spiro atoms. The van der Waals surface area contributed by atoms with Crippen molar-refractivity contribution in [1.82, 2.24) is 9.97 Å². The summed E-state index contributed by atoms with van der Waals surface area (Å²) < 4.78 is 5.29. The average molecular weight is 373 g/mol. The van der Waals surface area contributed by atoms with Gasteiger partial charge in [-0.3, -0.25) is 9.78 Å². The number of anilines is 3. The van der Waals surface area contributed by atoms with E-state index in [2.05, 4.69) is 27.1 Å². The molecule has 2 heterocycles. The molecule has 26 heavy (non-hydrogen) atoms. The summed E-state index contributed by atoms with van der Waals surface area (Å²) in [6, 6.07) is 7.31. The zero-order valence-electron chi connectivity index (χ0n) is 14.9. The van der Waals surface area contributed by atoms with Gasteiger partial charge < -0.3 is 20.7 Å². The standard InChI is InChI=1S/C18H23N5O2S/c1-11-7-9-23(10-8-11)18-21-15(19)14(16(24)22-18)17(26)20-12-5-3-4-6-13(12)25-2/h3-6,11H,7-10H2,1-2H3,(H,20,26)(H3,19,21,22,24). The van der Waals surface area contributed by atoms with Crippen LogP contribution < -0.4 is 26.2 Å². The average Bonchev–Trinajstić information content (AvgIpc) is 2.62. The van der Waals surface area contributed by atoms with Crippen molar-refractivity contribution in [3.8, 4) is 5.75 Å². The molecular formula is C18H23N5O2S. The lowest BCUT2D eigenvalue weighted by Gasteiger charge is -2.30. The number of nitrogen functional groups attached to an aromatic ring is 1. The summed E-state index contributed by atoms with van der Waals surface area (Å²) in [5.74, 6) is 1.93. The van der Waals surface area contributed by atoms with Gasteiger partial charge in [0.25, 0.3) is 5.56 Å². The van der Waals surface area contributed by atoms with E-state index in [0.29, 0.717) is 23.3 Å². The molecule has 0 radical (unpaired) electrons. The molecule has 1 saturated heterocycles. The van der Waals surface area contributed by atoms with Crippen molar-refractivity contribution in [3.63, 3.8) is 0 Å². The van der Waals surface area contributed by atoms with E-state index in [-0.39, 0.29) is 21.9 Å². The molecule has 0 saturated carbocycles. The third-order valence-electron chi connectivity index (χ3n) is 4.60. The molecule has 8 heteroatoms. The van der Waals surface area contributed by atoms with Gasteiger partial charge in [0, 0.05) is 13.1 Å². The van der Waals surface area contributed by atoms with Gasteiger partial charge in [-0.2, -0.15) is 4.98 Å². The van der Waals surface area contributed by atoms with Gasteiger partial charge in [-0.25, -0.2) is 0 Å². The molecule has 0 amide bonds. The molecule has 1 aromatic carbocycles.